The molecule has 0 unspecified atom stereocenters. The molecule has 8 heteroatoms. The van der Waals surface area contributed by atoms with E-state index in [0.29, 0.717) is 32.0 Å². The molecule has 0 atom stereocenters. The maximum atomic E-state index is 12.7. The van der Waals surface area contributed by atoms with E-state index in [1.165, 1.54) is 0 Å². The molecule has 0 aliphatic carbocycles. The number of carbonyl (C=O) groups is 2. The fourth-order valence-corrected chi connectivity index (χ4v) is 3.52. The van der Waals surface area contributed by atoms with Crippen LogP contribution in [0.25, 0.3) is 0 Å². The molecule has 1 aromatic rings. The van der Waals surface area contributed by atoms with Crippen LogP contribution in [0.2, 0.25) is 0 Å². The first kappa shape index (κ1) is 20.5. The predicted octanol–water partition coefficient (Wildman–Crippen LogP) is 3.71. The van der Waals surface area contributed by atoms with Crippen molar-refractivity contribution in [2.45, 2.75) is 85.1 Å². The lowest BCUT2D eigenvalue weighted by atomic mass is 10.0. The molecule has 0 saturated heterocycles. The van der Waals surface area contributed by atoms with Gasteiger partial charge >= 0.3 is 12.2 Å². The number of hydrogen-bond donors (Lipinski definition) is 0. The highest BCUT2D eigenvalue weighted by atomic mass is 16.6. The molecule has 3 heterocycles. The van der Waals surface area contributed by atoms with Gasteiger partial charge in [0.1, 0.15) is 11.2 Å². The van der Waals surface area contributed by atoms with E-state index < -0.39 is 11.2 Å². The Kier molecular flexibility index (Phi) is 5.34. The van der Waals surface area contributed by atoms with Crippen molar-refractivity contribution in [2.24, 2.45) is 0 Å². The zero-order chi connectivity index (χ0) is 20.7. The summed E-state index contributed by atoms with van der Waals surface area (Å²) in [7, 11) is 0. The van der Waals surface area contributed by atoms with Crippen LogP contribution >= 0.6 is 0 Å². The average Bonchev–Trinajstić information content (AvgIpc) is 2.74. The van der Waals surface area contributed by atoms with Crippen LogP contribution in [0.3, 0.4) is 0 Å². The van der Waals surface area contributed by atoms with Crippen LogP contribution in [0.1, 0.15) is 65.6 Å². The highest BCUT2D eigenvalue weighted by Crippen LogP contribution is 2.32. The highest BCUT2D eigenvalue weighted by molar-refractivity contribution is 5.88. The van der Waals surface area contributed by atoms with Gasteiger partial charge in [-0.1, -0.05) is 0 Å². The van der Waals surface area contributed by atoms with E-state index in [4.69, 9.17) is 14.6 Å². The number of anilines is 1. The Morgan fingerprint density at radius 2 is 1.54 bits per heavy atom. The topological polar surface area (TPSA) is 76.9 Å². The second-order valence-electron chi connectivity index (χ2n) is 9.46. The second kappa shape index (κ2) is 7.29. The van der Waals surface area contributed by atoms with Gasteiger partial charge in [-0.3, -0.25) is 9.58 Å². The number of hydrogen-bond acceptors (Lipinski definition) is 5. The Labute approximate surface area is 166 Å². The first-order chi connectivity index (χ1) is 12.9. The van der Waals surface area contributed by atoms with Crippen molar-refractivity contribution in [1.29, 1.82) is 0 Å². The van der Waals surface area contributed by atoms with Crippen molar-refractivity contribution < 1.29 is 19.1 Å². The molecule has 8 nitrogen and oxygen atoms in total. The fraction of sp³-hybridized carbons (Fsp3) is 0.750. The lowest BCUT2D eigenvalue weighted by Gasteiger charge is -2.29. The lowest BCUT2D eigenvalue weighted by molar-refractivity contribution is 0.0235. The number of fused-ring (bicyclic) bond motifs is 3. The van der Waals surface area contributed by atoms with E-state index >= 15 is 0 Å². The number of carbonyl (C=O) groups excluding carboxylic acids is 2. The van der Waals surface area contributed by atoms with Gasteiger partial charge in [0.25, 0.3) is 0 Å². The summed E-state index contributed by atoms with van der Waals surface area (Å²) >= 11 is 0. The lowest BCUT2D eigenvalue weighted by Crippen LogP contribution is -2.40. The van der Waals surface area contributed by atoms with Gasteiger partial charge in [0.2, 0.25) is 0 Å². The number of ether oxygens (including phenoxy) is 2. The quantitative estimate of drug-likeness (QED) is 0.673. The standard InChI is InChI=1S/C20H32N4O4/c1-19(2,3)27-17(25)22-10-8-12-24-15(13-22)14-9-7-11-23(16(14)21-24)18(26)28-20(4,5)6/h7-13H2,1-6H3. The van der Waals surface area contributed by atoms with Crippen molar-refractivity contribution in [2.75, 3.05) is 18.0 Å². The normalized spacial score (nSPS) is 17.5. The third kappa shape index (κ3) is 4.59. The third-order valence-corrected chi connectivity index (χ3v) is 4.61. The van der Waals surface area contributed by atoms with Crippen LogP contribution in [0.15, 0.2) is 0 Å². The molecular weight excluding hydrogens is 360 g/mol. The molecule has 3 rings (SSSR count). The fourth-order valence-electron chi connectivity index (χ4n) is 3.52. The predicted molar refractivity (Wildman–Crippen MR) is 105 cm³/mol. The zero-order valence-electron chi connectivity index (χ0n) is 17.9. The van der Waals surface area contributed by atoms with Crippen LogP contribution < -0.4 is 4.90 Å². The van der Waals surface area contributed by atoms with Gasteiger partial charge in [0.05, 0.1) is 12.2 Å². The Morgan fingerprint density at radius 3 is 2.18 bits per heavy atom. The smallest absolute Gasteiger partial charge is 0.416 e. The molecule has 2 aliphatic rings. The Hall–Kier alpha value is -2.25. The Balaban J connectivity index is 1.85. The Bertz CT molecular complexity index is 757. The van der Waals surface area contributed by atoms with E-state index in [1.807, 2.05) is 46.2 Å². The number of amides is 2. The average molecular weight is 393 g/mol. The summed E-state index contributed by atoms with van der Waals surface area (Å²) < 4.78 is 13.1. The number of aryl methyl sites for hydroxylation is 1. The first-order valence-electron chi connectivity index (χ1n) is 10.0. The summed E-state index contributed by atoms with van der Waals surface area (Å²) in [6.07, 6.45) is 1.80. The maximum absolute atomic E-state index is 12.7. The van der Waals surface area contributed by atoms with Crippen molar-refractivity contribution in [3.05, 3.63) is 11.3 Å². The molecule has 28 heavy (non-hydrogen) atoms. The molecule has 0 fully saturated rings. The van der Waals surface area contributed by atoms with E-state index in [1.54, 1.807) is 9.80 Å². The monoisotopic (exact) mass is 392 g/mol. The largest absolute Gasteiger partial charge is 0.444 e. The van der Waals surface area contributed by atoms with Crippen molar-refractivity contribution >= 4 is 18.0 Å². The van der Waals surface area contributed by atoms with Crippen LogP contribution in [0.4, 0.5) is 15.4 Å². The van der Waals surface area contributed by atoms with Gasteiger partial charge in [-0.15, -0.1) is 0 Å². The molecule has 2 amide bonds. The molecular formula is C20H32N4O4. The van der Waals surface area contributed by atoms with Gasteiger partial charge in [-0.25, -0.2) is 9.59 Å². The van der Waals surface area contributed by atoms with Gasteiger partial charge in [-0.05, 0) is 60.8 Å². The SMILES string of the molecule is CC(C)(C)OC(=O)N1CCCn2nc3c(c2C1)CCCN3C(=O)OC(C)(C)C. The van der Waals surface area contributed by atoms with Crippen molar-refractivity contribution in [3.8, 4) is 0 Å². The number of aromatic nitrogens is 2. The molecule has 0 saturated carbocycles. The maximum Gasteiger partial charge on any atom is 0.416 e. The summed E-state index contributed by atoms with van der Waals surface area (Å²) in [5.41, 5.74) is 0.939. The third-order valence-electron chi connectivity index (χ3n) is 4.61. The van der Waals surface area contributed by atoms with Gasteiger partial charge in [-0.2, -0.15) is 5.10 Å². The van der Waals surface area contributed by atoms with E-state index in [0.717, 1.165) is 30.5 Å². The molecule has 1 aromatic heterocycles. The van der Waals surface area contributed by atoms with Crippen LogP contribution in [-0.2, 0) is 29.0 Å². The van der Waals surface area contributed by atoms with Crippen molar-refractivity contribution in [3.63, 3.8) is 0 Å². The first-order valence-corrected chi connectivity index (χ1v) is 10.0. The van der Waals surface area contributed by atoms with Crippen LogP contribution in [0.5, 0.6) is 0 Å². The minimum atomic E-state index is -0.557. The second-order valence-corrected chi connectivity index (χ2v) is 9.46. The molecule has 0 spiro atoms. The molecule has 2 aliphatic heterocycles. The summed E-state index contributed by atoms with van der Waals surface area (Å²) in [5, 5.41) is 4.72. The van der Waals surface area contributed by atoms with Gasteiger partial charge in [0.15, 0.2) is 5.82 Å². The molecule has 0 bridgehead atoms. The van der Waals surface area contributed by atoms with E-state index in [9.17, 15) is 9.59 Å². The molecule has 156 valence electrons. The summed E-state index contributed by atoms with van der Waals surface area (Å²) in [6, 6.07) is 0. The van der Waals surface area contributed by atoms with Crippen LogP contribution in [-0.4, -0.2) is 51.2 Å². The van der Waals surface area contributed by atoms with Crippen molar-refractivity contribution in [1.82, 2.24) is 14.7 Å². The molecule has 0 aromatic carbocycles. The summed E-state index contributed by atoms with van der Waals surface area (Å²) in [6.45, 7) is 13.6. The molecule has 0 radical (unpaired) electrons. The highest BCUT2D eigenvalue weighted by Gasteiger charge is 2.34. The van der Waals surface area contributed by atoms with E-state index in [-0.39, 0.29) is 12.2 Å². The summed E-state index contributed by atoms with van der Waals surface area (Å²) in [4.78, 5) is 28.6. The van der Waals surface area contributed by atoms with E-state index in [2.05, 4.69) is 0 Å². The Morgan fingerprint density at radius 1 is 0.893 bits per heavy atom. The number of rotatable bonds is 0. The summed E-state index contributed by atoms with van der Waals surface area (Å²) in [5.74, 6) is 0.668. The van der Waals surface area contributed by atoms with Gasteiger partial charge in [0, 0.05) is 25.2 Å². The zero-order valence-corrected chi connectivity index (χ0v) is 17.9. The number of nitrogens with zero attached hydrogens (tertiary/aromatic N) is 4. The minimum Gasteiger partial charge on any atom is -0.444 e. The van der Waals surface area contributed by atoms with Crippen LogP contribution in [0, 0.1) is 0 Å². The molecule has 0 N–H and O–H groups in total. The minimum absolute atomic E-state index is 0.310. The van der Waals surface area contributed by atoms with Gasteiger partial charge < -0.3 is 14.4 Å².